The van der Waals surface area contributed by atoms with Gasteiger partial charge < -0.3 is 15.2 Å². The van der Waals surface area contributed by atoms with Crippen LogP contribution in [0.3, 0.4) is 0 Å². The number of methoxy groups -OCH3 is 1. The van der Waals surface area contributed by atoms with E-state index in [1.165, 1.54) is 19.4 Å². The molecule has 25 heavy (non-hydrogen) atoms. The molecule has 2 aromatic rings. The van der Waals surface area contributed by atoms with Crippen molar-refractivity contribution in [2.75, 3.05) is 12.4 Å². The minimum absolute atomic E-state index is 0.0250. The van der Waals surface area contributed by atoms with Gasteiger partial charge in [0.05, 0.1) is 13.3 Å². The summed E-state index contributed by atoms with van der Waals surface area (Å²) in [6, 6.07) is 11.6. The maximum atomic E-state index is 11.8. The Morgan fingerprint density at radius 2 is 2.04 bits per heavy atom. The van der Waals surface area contributed by atoms with Crippen LogP contribution in [-0.4, -0.2) is 30.2 Å². The van der Waals surface area contributed by atoms with Gasteiger partial charge in [0.15, 0.2) is 0 Å². The summed E-state index contributed by atoms with van der Waals surface area (Å²) in [5, 5.41) is 16.0. The van der Waals surface area contributed by atoms with Crippen LogP contribution in [0.2, 0.25) is 0 Å². The Kier molecular flexibility index (Phi) is 6.53. The topological polar surface area (TPSA) is 100 Å². The number of ether oxygens (including phenoxy) is 1. The number of hydrogen-bond acceptors (Lipinski definition) is 5. The standard InChI is InChI=1S/C17H16BrN3O4/c1-25-14-4-2-3-13(8-14)20-16(23)9-17(24)21-19-10-11-7-12(18)5-6-15(11)22/h2-8,10,22H,9H2,1H3,(H,20,23)(H,21,24)/b19-10+. The van der Waals surface area contributed by atoms with E-state index in [4.69, 9.17) is 4.74 Å². The molecule has 0 radical (unpaired) electrons. The molecule has 0 fully saturated rings. The lowest BCUT2D eigenvalue weighted by molar-refractivity contribution is -0.126. The van der Waals surface area contributed by atoms with Crippen LogP contribution in [0.5, 0.6) is 11.5 Å². The highest BCUT2D eigenvalue weighted by atomic mass is 79.9. The highest BCUT2D eigenvalue weighted by Crippen LogP contribution is 2.20. The Bertz CT molecular complexity index is 808. The molecule has 8 heteroatoms. The van der Waals surface area contributed by atoms with Gasteiger partial charge in [0.1, 0.15) is 17.9 Å². The Balaban J connectivity index is 1.86. The van der Waals surface area contributed by atoms with Crippen molar-refractivity contribution in [1.82, 2.24) is 5.43 Å². The molecule has 2 aromatic carbocycles. The molecular formula is C17H16BrN3O4. The van der Waals surface area contributed by atoms with Gasteiger partial charge in [0.2, 0.25) is 11.8 Å². The lowest BCUT2D eigenvalue weighted by atomic mass is 10.2. The first-order valence-corrected chi connectivity index (χ1v) is 8.01. The molecule has 3 N–H and O–H groups in total. The maximum absolute atomic E-state index is 11.8. The summed E-state index contributed by atoms with van der Waals surface area (Å²) in [6.45, 7) is 0. The van der Waals surface area contributed by atoms with Gasteiger partial charge in [0.25, 0.3) is 0 Å². The van der Waals surface area contributed by atoms with Crippen molar-refractivity contribution in [3.8, 4) is 11.5 Å². The second kappa shape index (κ2) is 8.84. The third-order valence-corrected chi connectivity index (χ3v) is 3.55. The lowest BCUT2D eigenvalue weighted by Crippen LogP contribution is -2.24. The highest BCUT2D eigenvalue weighted by Gasteiger charge is 2.09. The minimum atomic E-state index is -0.578. The quantitative estimate of drug-likeness (QED) is 0.390. The number of hydrazone groups is 1. The number of rotatable bonds is 6. The average Bonchev–Trinajstić information content (AvgIpc) is 2.58. The molecule has 0 aliphatic heterocycles. The number of nitrogens with one attached hydrogen (secondary N) is 2. The summed E-state index contributed by atoms with van der Waals surface area (Å²) in [5.74, 6) is -0.435. The zero-order chi connectivity index (χ0) is 18.2. The van der Waals surface area contributed by atoms with Crippen LogP contribution in [0.1, 0.15) is 12.0 Å². The van der Waals surface area contributed by atoms with Crippen LogP contribution in [0, 0.1) is 0 Å². The van der Waals surface area contributed by atoms with E-state index in [-0.39, 0.29) is 12.2 Å². The van der Waals surface area contributed by atoms with Gasteiger partial charge in [-0.05, 0) is 30.3 Å². The third kappa shape index (κ3) is 5.92. The molecule has 0 heterocycles. The molecule has 0 aliphatic carbocycles. The van der Waals surface area contributed by atoms with E-state index in [0.717, 1.165) is 4.47 Å². The van der Waals surface area contributed by atoms with Crippen LogP contribution in [-0.2, 0) is 9.59 Å². The molecule has 0 saturated carbocycles. The average molecular weight is 406 g/mol. The number of anilines is 1. The highest BCUT2D eigenvalue weighted by molar-refractivity contribution is 9.10. The summed E-state index contributed by atoms with van der Waals surface area (Å²) >= 11 is 3.27. The van der Waals surface area contributed by atoms with E-state index in [2.05, 4.69) is 31.8 Å². The molecule has 0 atom stereocenters. The van der Waals surface area contributed by atoms with E-state index in [1.807, 2.05) is 0 Å². The predicted octanol–water partition coefficient (Wildman–Crippen LogP) is 2.64. The van der Waals surface area contributed by atoms with E-state index < -0.39 is 11.8 Å². The summed E-state index contributed by atoms with van der Waals surface area (Å²) in [6.07, 6.45) is 0.900. The second-order valence-electron chi connectivity index (χ2n) is 4.95. The molecule has 130 valence electrons. The summed E-state index contributed by atoms with van der Waals surface area (Å²) < 4.78 is 5.82. The van der Waals surface area contributed by atoms with E-state index >= 15 is 0 Å². The SMILES string of the molecule is COc1cccc(NC(=O)CC(=O)N/N=C/c2cc(Br)ccc2O)c1. The largest absolute Gasteiger partial charge is 0.507 e. The molecule has 2 rings (SSSR count). The fourth-order valence-electron chi connectivity index (χ4n) is 1.89. The van der Waals surface area contributed by atoms with Gasteiger partial charge in [-0.2, -0.15) is 5.10 Å². The van der Waals surface area contributed by atoms with Gasteiger partial charge in [-0.15, -0.1) is 0 Å². The number of nitrogens with zero attached hydrogens (tertiary/aromatic N) is 1. The summed E-state index contributed by atoms with van der Waals surface area (Å²) in [7, 11) is 1.52. The number of halogens is 1. The van der Waals surface area contributed by atoms with Crippen LogP contribution in [0.4, 0.5) is 5.69 Å². The van der Waals surface area contributed by atoms with Crippen molar-refractivity contribution in [2.24, 2.45) is 5.10 Å². The first-order chi connectivity index (χ1) is 12.0. The number of phenolic OH excluding ortho intramolecular Hbond substituents is 1. The smallest absolute Gasteiger partial charge is 0.249 e. The van der Waals surface area contributed by atoms with Crippen molar-refractivity contribution >= 4 is 39.6 Å². The van der Waals surface area contributed by atoms with E-state index in [1.54, 1.807) is 36.4 Å². The van der Waals surface area contributed by atoms with Gasteiger partial charge in [-0.3, -0.25) is 9.59 Å². The Morgan fingerprint density at radius 3 is 2.80 bits per heavy atom. The van der Waals surface area contributed by atoms with Crippen molar-refractivity contribution in [1.29, 1.82) is 0 Å². The van der Waals surface area contributed by atoms with Gasteiger partial charge in [-0.25, -0.2) is 5.43 Å². The summed E-state index contributed by atoms with van der Waals surface area (Å²) in [5.41, 5.74) is 3.19. The number of aromatic hydroxyl groups is 1. The monoisotopic (exact) mass is 405 g/mol. The van der Waals surface area contributed by atoms with Crippen molar-refractivity contribution in [2.45, 2.75) is 6.42 Å². The number of carbonyl (C=O) groups is 2. The first-order valence-electron chi connectivity index (χ1n) is 7.22. The molecule has 0 spiro atoms. The molecular weight excluding hydrogens is 390 g/mol. The molecule has 0 aliphatic rings. The van der Waals surface area contributed by atoms with Crippen molar-refractivity contribution < 1.29 is 19.4 Å². The minimum Gasteiger partial charge on any atom is -0.507 e. The summed E-state index contributed by atoms with van der Waals surface area (Å²) in [4.78, 5) is 23.6. The zero-order valence-electron chi connectivity index (χ0n) is 13.3. The third-order valence-electron chi connectivity index (χ3n) is 3.06. The lowest BCUT2D eigenvalue weighted by Gasteiger charge is -2.06. The van der Waals surface area contributed by atoms with Gasteiger partial charge >= 0.3 is 0 Å². The normalized spacial score (nSPS) is 10.5. The number of carbonyl (C=O) groups excluding carboxylic acids is 2. The number of hydrogen-bond donors (Lipinski definition) is 3. The van der Waals surface area contributed by atoms with Gasteiger partial charge in [0, 0.05) is 21.8 Å². The van der Waals surface area contributed by atoms with Crippen molar-refractivity contribution in [3.63, 3.8) is 0 Å². The number of phenols is 1. The fraction of sp³-hybridized carbons (Fsp3) is 0.118. The zero-order valence-corrected chi connectivity index (χ0v) is 14.9. The van der Waals surface area contributed by atoms with Crippen LogP contribution >= 0.6 is 15.9 Å². The van der Waals surface area contributed by atoms with E-state index in [9.17, 15) is 14.7 Å². The van der Waals surface area contributed by atoms with Gasteiger partial charge in [-0.1, -0.05) is 22.0 Å². The number of benzene rings is 2. The Labute approximate surface area is 152 Å². The van der Waals surface area contributed by atoms with Crippen molar-refractivity contribution in [3.05, 3.63) is 52.5 Å². The molecule has 0 unspecified atom stereocenters. The molecule has 0 bridgehead atoms. The molecule has 0 saturated heterocycles. The Hall–Kier alpha value is -2.87. The number of amides is 2. The second-order valence-corrected chi connectivity index (χ2v) is 5.87. The molecule has 2 amide bonds. The molecule has 0 aromatic heterocycles. The van der Waals surface area contributed by atoms with Crippen LogP contribution in [0.25, 0.3) is 0 Å². The van der Waals surface area contributed by atoms with E-state index in [0.29, 0.717) is 17.0 Å². The fourth-order valence-corrected chi connectivity index (χ4v) is 2.27. The Morgan fingerprint density at radius 1 is 1.24 bits per heavy atom. The maximum Gasteiger partial charge on any atom is 0.249 e. The predicted molar refractivity (Wildman–Crippen MR) is 97.8 cm³/mol. The first kappa shape index (κ1) is 18.5. The van der Waals surface area contributed by atoms with Crippen LogP contribution in [0.15, 0.2) is 52.0 Å². The van der Waals surface area contributed by atoms with Crippen LogP contribution < -0.4 is 15.5 Å². The molecule has 7 nitrogen and oxygen atoms in total.